The third-order valence-electron chi connectivity index (χ3n) is 8.30. The van der Waals surface area contributed by atoms with E-state index in [2.05, 4.69) is 42.5 Å². The smallest absolute Gasteiger partial charge is 0.168 e. The molecule has 6 aromatic carbocycles. The van der Waals surface area contributed by atoms with Crippen LogP contribution in [0.4, 0.5) is 0 Å². The van der Waals surface area contributed by atoms with E-state index in [-0.39, 0.29) is 17.1 Å². The molecule has 11 heteroatoms. The minimum Gasteiger partial charge on any atom is -0.748 e. The van der Waals surface area contributed by atoms with Gasteiger partial charge in [0.25, 0.3) is 0 Å². The van der Waals surface area contributed by atoms with Crippen molar-refractivity contribution in [2.45, 2.75) is 0 Å². The van der Waals surface area contributed by atoms with Crippen LogP contribution >= 0.6 is 15.8 Å². The van der Waals surface area contributed by atoms with Crippen LogP contribution < -0.4 is 69.7 Å². The van der Waals surface area contributed by atoms with Crippen molar-refractivity contribution in [3.05, 3.63) is 121 Å². The topological polar surface area (TPSA) is 73.8 Å². The van der Waals surface area contributed by atoms with Crippen LogP contribution in [0.25, 0.3) is 0 Å². The first-order chi connectivity index (χ1) is 25.5. The van der Waals surface area contributed by atoms with Crippen molar-refractivity contribution < 1.29 is 55.0 Å². The maximum atomic E-state index is 6.05. The first kappa shape index (κ1) is 41.1. The van der Waals surface area contributed by atoms with E-state index in [1.54, 1.807) is 56.9 Å². The fraction of sp³-hybridized carbons (Fsp3) is 0.190. The van der Waals surface area contributed by atoms with E-state index in [4.69, 9.17) is 37.9 Å². The molecule has 0 amide bonds. The van der Waals surface area contributed by atoms with Crippen LogP contribution in [0, 0.1) is 0 Å². The second kappa shape index (κ2) is 20.0. The standard InChI is InChI=1S/C37H39O8P2.C5H5.Fe/c1-38-24-14-9-20-30(34(24)42-5)46(31-21-10-15-25(39-2)35(31)43-6)28-18-13-19-29(28)47(32-22-11-16-26(40-3)36(32)44-7)33-23-12-17-27(41-4)37(33)45-8;1-2-4-5-3-1;/h9-23H,1-8H3;1-5H;/q-1;-5;. The first-order valence-electron chi connectivity index (χ1n) is 16.4. The Bertz CT molecular complexity index is 1770. The predicted octanol–water partition coefficient (Wildman–Crippen LogP) is 6.39. The average molecular weight is 795 g/mol. The van der Waals surface area contributed by atoms with E-state index in [0.29, 0.717) is 46.0 Å². The van der Waals surface area contributed by atoms with Gasteiger partial charge in [-0.05, 0) is 44.3 Å². The Kier molecular flexibility index (Phi) is 15.5. The number of hydrogen-bond acceptors (Lipinski definition) is 8. The number of benzene rings is 4. The number of ether oxygens (including phenoxy) is 8. The second-order valence-corrected chi connectivity index (χ2v) is 15.2. The molecular formula is C42H44FeO8P2-6. The zero-order chi connectivity index (χ0) is 37.0. The fourth-order valence-corrected chi connectivity index (χ4v) is 11.9. The Hall–Kier alpha value is -4.64. The summed E-state index contributed by atoms with van der Waals surface area (Å²) in [5.41, 5.74) is 0. The summed E-state index contributed by atoms with van der Waals surface area (Å²) in [6.45, 7) is 0. The molecule has 284 valence electrons. The molecule has 6 rings (SSSR count). The molecule has 53 heavy (non-hydrogen) atoms. The molecule has 0 fully saturated rings. The number of methoxy groups -OCH3 is 8. The van der Waals surface area contributed by atoms with Gasteiger partial charge in [0.15, 0.2) is 46.0 Å². The van der Waals surface area contributed by atoms with Gasteiger partial charge in [0, 0.05) is 38.3 Å². The molecule has 0 spiro atoms. The number of rotatable bonds is 14. The van der Waals surface area contributed by atoms with Gasteiger partial charge in [0.2, 0.25) is 0 Å². The van der Waals surface area contributed by atoms with Gasteiger partial charge in [-0.2, -0.15) is 6.07 Å². The molecular weight excluding hydrogens is 750 g/mol. The summed E-state index contributed by atoms with van der Waals surface area (Å²) in [6.07, 6.45) is 0. The molecule has 0 heterocycles. The molecule has 0 aromatic heterocycles. The number of hydrogen-bond donors (Lipinski definition) is 0. The molecule has 0 N–H and O–H groups in total. The van der Waals surface area contributed by atoms with Crippen molar-refractivity contribution in [1.82, 2.24) is 0 Å². The summed E-state index contributed by atoms with van der Waals surface area (Å²) in [5, 5.41) is 6.05. The molecule has 0 saturated heterocycles. The number of para-hydroxylation sites is 4. The van der Waals surface area contributed by atoms with Crippen molar-refractivity contribution in [2.75, 3.05) is 56.9 Å². The van der Waals surface area contributed by atoms with E-state index < -0.39 is 15.8 Å². The van der Waals surface area contributed by atoms with Crippen molar-refractivity contribution in [2.24, 2.45) is 0 Å². The third-order valence-corrected chi connectivity index (χ3v) is 13.6. The molecule has 8 nitrogen and oxygen atoms in total. The van der Waals surface area contributed by atoms with Gasteiger partial charge in [0.05, 0.1) is 56.9 Å². The monoisotopic (exact) mass is 794 g/mol. The Balaban J connectivity index is 0.000000964. The zero-order valence-corrected chi connectivity index (χ0v) is 34.0. The Morgan fingerprint density at radius 1 is 0.396 bits per heavy atom. The SMILES string of the molecule is COc1cccc(P(c2cccc(OC)c2OC)c2ccc[c-]2P(c2cccc(OC)c2OC)c2cccc(OC)c2OC)c1OC.[Fe].[cH-]1[cH-][cH-][cH-][cH-]1. The van der Waals surface area contributed by atoms with E-state index in [9.17, 15) is 0 Å². The van der Waals surface area contributed by atoms with Gasteiger partial charge in [0.1, 0.15) is 0 Å². The maximum absolute atomic E-state index is 6.05. The molecule has 0 bridgehead atoms. The van der Waals surface area contributed by atoms with Crippen molar-refractivity contribution >= 4 is 47.7 Å². The average Bonchev–Trinajstić information content (AvgIpc) is 3.94. The van der Waals surface area contributed by atoms with Crippen LogP contribution in [0.3, 0.4) is 0 Å². The summed E-state index contributed by atoms with van der Waals surface area (Å²) < 4.78 is 47.3. The molecule has 0 atom stereocenters. The minimum absolute atomic E-state index is 0. The molecule has 0 radical (unpaired) electrons. The summed E-state index contributed by atoms with van der Waals surface area (Å²) in [4.78, 5) is 0. The van der Waals surface area contributed by atoms with Crippen molar-refractivity contribution in [1.29, 1.82) is 0 Å². The van der Waals surface area contributed by atoms with Crippen molar-refractivity contribution in [3.8, 4) is 46.0 Å². The van der Waals surface area contributed by atoms with Gasteiger partial charge in [-0.1, -0.05) is 44.3 Å². The van der Waals surface area contributed by atoms with Crippen LogP contribution in [-0.2, 0) is 17.1 Å². The van der Waals surface area contributed by atoms with Crippen LogP contribution in [0.2, 0.25) is 0 Å². The van der Waals surface area contributed by atoms with Gasteiger partial charge in [-0.15, -0.1) is 10.6 Å². The van der Waals surface area contributed by atoms with Crippen LogP contribution in [0.5, 0.6) is 46.0 Å². The molecule has 0 aliphatic carbocycles. The molecule has 0 saturated carbocycles. The summed E-state index contributed by atoms with van der Waals surface area (Å²) in [7, 11) is 10.6. The van der Waals surface area contributed by atoms with Gasteiger partial charge < -0.3 is 68.2 Å². The van der Waals surface area contributed by atoms with Gasteiger partial charge in [-0.25, -0.2) is 12.1 Å². The van der Waals surface area contributed by atoms with E-state index in [1.807, 2.05) is 78.9 Å². The second-order valence-electron chi connectivity index (χ2n) is 11.0. The summed E-state index contributed by atoms with van der Waals surface area (Å²) in [5.74, 6) is 5.16. The van der Waals surface area contributed by atoms with Crippen LogP contribution in [0.15, 0.2) is 121 Å². The fourth-order valence-electron chi connectivity index (χ4n) is 6.06. The normalized spacial score (nSPS) is 10.5. The molecule has 0 aliphatic rings. The molecule has 6 aromatic rings. The minimum atomic E-state index is -1.33. The van der Waals surface area contributed by atoms with Gasteiger partial charge >= 0.3 is 0 Å². The maximum Gasteiger partial charge on any atom is 0.168 e. The van der Waals surface area contributed by atoms with Crippen LogP contribution in [-0.4, -0.2) is 56.9 Å². The summed E-state index contributed by atoms with van der Waals surface area (Å²) >= 11 is 0. The zero-order valence-electron chi connectivity index (χ0n) is 31.1. The van der Waals surface area contributed by atoms with E-state index >= 15 is 0 Å². The largest absolute Gasteiger partial charge is 0.748 e. The predicted molar refractivity (Wildman–Crippen MR) is 214 cm³/mol. The Morgan fingerprint density at radius 3 is 1.04 bits per heavy atom. The van der Waals surface area contributed by atoms with Gasteiger partial charge in [-0.3, -0.25) is 0 Å². The van der Waals surface area contributed by atoms with E-state index in [1.165, 1.54) is 0 Å². The Morgan fingerprint density at radius 2 is 0.717 bits per heavy atom. The third kappa shape index (κ3) is 8.61. The molecule has 0 unspecified atom stereocenters. The molecule has 0 aliphatic heterocycles. The van der Waals surface area contributed by atoms with Crippen molar-refractivity contribution in [3.63, 3.8) is 0 Å². The quantitative estimate of drug-likeness (QED) is 0.0714. The first-order valence-corrected chi connectivity index (χ1v) is 19.1. The summed E-state index contributed by atoms with van der Waals surface area (Å²) in [6, 6.07) is 40.3. The van der Waals surface area contributed by atoms with Crippen LogP contribution in [0.1, 0.15) is 0 Å². The Labute approximate surface area is 325 Å². The van der Waals surface area contributed by atoms with E-state index in [0.717, 1.165) is 31.8 Å².